The number of piperazine rings is 1. The van der Waals surface area contributed by atoms with E-state index >= 15 is 0 Å². The first-order valence-corrected chi connectivity index (χ1v) is 12.7. The van der Waals surface area contributed by atoms with Gasteiger partial charge in [0.2, 0.25) is 0 Å². The molecule has 200 valence electrons. The Hall–Kier alpha value is -3.10. The summed E-state index contributed by atoms with van der Waals surface area (Å²) in [6.45, 7) is 5.37. The smallest absolute Gasteiger partial charge is 0.418 e. The number of nitrogens with one attached hydrogen (secondary N) is 1. The fourth-order valence-electron chi connectivity index (χ4n) is 5.08. The number of alkyl halides is 3. The molecule has 1 N–H and O–H groups in total. The number of ether oxygens (including phenoxy) is 1. The number of likely N-dealkylation sites (tertiary alicyclic amines) is 1. The fraction of sp³-hybridized carbons (Fsp3) is 0.577. The maximum Gasteiger partial charge on any atom is 0.418 e. The number of anilines is 2. The van der Waals surface area contributed by atoms with E-state index in [1.54, 1.807) is 11.0 Å². The van der Waals surface area contributed by atoms with Crippen LogP contribution in [0.15, 0.2) is 24.3 Å². The summed E-state index contributed by atoms with van der Waals surface area (Å²) in [4.78, 5) is 15.2. The fourth-order valence-corrected chi connectivity index (χ4v) is 5.08. The zero-order chi connectivity index (χ0) is 26.4. The standard InChI is InChI=1S/C21H23F3N6O.C5H11N/c1-31-20-27-17-13-29(18-5-3-2-4-16(18)21(22,23)24)10-7-15(17)19(28-20)30-11-9-26-14(12-30)6-8-25;1-6-4-2-3-5-6/h2-5,14,26H,6-7,9-13H2,1H3;2-5H2,1H3. The second kappa shape index (κ2) is 12.0. The Kier molecular flexibility index (Phi) is 8.71. The molecule has 1 aromatic carbocycles. The molecule has 0 aliphatic carbocycles. The second-order valence-electron chi connectivity index (χ2n) is 9.62. The summed E-state index contributed by atoms with van der Waals surface area (Å²) >= 11 is 0. The van der Waals surface area contributed by atoms with Gasteiger partial charge in [-0.3, -0.25) is 0 Å². The van der Waals surface area contributed by atoms with Gasteiger partial charge in [0, 0.05) is 43.5 Å². The molecule has 2 aromatic rings. The summed E-state index contributed by atoms with van der Waals surface area (Å²) in [5.41, 5.74) is 1.09. The topological polar surface area (TPSA) is 80.5 Å². The Morgan fingerprint density at radius 2 is 1.86 bits per heavy atom. The van der Waals surface area contributed by atoms with Crippen LogP contribution < -0.4 is 19.9 Å². The molecule has 3 aliphatic heterocycles. The Balaban J connectivity index is 0.000000469. The van der Waals surface area contributed by atoms with E-state index in [4.69, 9.17) is 10.00 Å². The molecule has 8 nitrogen and oxygen atoms in total. The molecule has 0 saturated carbocycles. The number of para-hydroxylation sites is 1. The Bertz CT molecular complexity index is 1100. The zero-order valence-corrected chi connectivity index (χ0v) is 21.4. The minimum Gasteiger partial charge on any atom is -0.467 e. The number of halogens is 3. The first-order valence-electron chi connectivity index (χ1n) is 12.7. The van der Waals surface area contributed by atoms with Crippen molar-refractivity contribution in [2.24, 2.45) is 0 Å². The van der Waals surface area contributed by atoms with Crippen LogP contribution in [0.1, 0.15) is 36.1 Å². The van der Waals surface area contributed by atoms with Crippen molar-refractivity contribution in [2.45, 2.75) is 44.4 Å². The van der Waals surface area contributed by atoms with E-state index in [0.29, 0.717) is 31.6 Å². The lowest BCUT2D eigenvalue weighted by atomic mass is 10.0. The molecule has 2 fully saturated rings. The lowest BCUT2D eigenvalue weighted by Gasteiger charge is -2.37. The molecule has 1 unspecified atom stereocenters. The highest BCUT2D eigenvalue weighted by Crippen LogP contribution is 2.39. The van der Waals surface area contributed by atoms with Gasteiger partial charge in [-0.25, -0.2) is 0 Å². The number of hydrogen-bond donors (Lipinski definition) is 1. The van der Waals surface area contributed by atoms with Crippen molar-refractivity contribution in [1.82, 2.24) is 20.2 Å². The third-order valence-corrected chi connectivity index (χ3v) is 6.98. The van der Waals surface area contributed by atoms with Crippen LogP contribution in [0.5, 0.6) is 6.01 Å². The first kappa shape index (κ1) is 26.9. The van der Waals surface area contributed by atoms with Crippen molar-refractivity contribution in [3.63, 3.8) is 0 Å². The van der Waals surface area contributed by atoms with Gasteiger partial charge in [-0.15, -0.1) is 0 Å². The van der Waals surface area contributed by atoms with Crippen molar-refractivity contribution in [1.29, 1.82) is 5.26 Å². The molecule has 11 heteroatoms. The number of rotatable bonds is 4. The summed E-state index contributed by atoms with van der Waals surface area (Å²) in [5, 5.41) is 12.4. The van der Waals surface area contributed by atoms with Gasteiger partial charge in [-0.05, 0) is 51.5 Å². The lowest BCUT2D eigenvalue weighted by Crippen LogP contribution is -2.51. The molecule has 0 bridgehead atoms. The summed E-state index contributed by atoms with van der Waals surface area (Å²) < 4.78 is 45.8. The normalized spacial score (nSPS) is 20.1. The Labute approximate surface area is 216 Å². The van der Waals surface area contributed by atoms with E-state index in [1.165, 1.54) is 45.2 Å². The van der Waals surface area contributed by atoms with Gasteiger partial charge in [0.1, 0.15) is 5.82 Å². The Morgan fingerprint density at radius 1 is 1.11 bits per heavy atom. The van der Waals surface area contributed by atoms with E-state index in [1.807, 2.05) is 0 Å². The van der Waals surface area contributed by atoms with Gasteiger partial charge >= 0.3 is 12.2 Å². The van der Waals surface area contributed by atoms with Crippen molar-refractivity contribution < 1.29 is 17.9 Å². The molecule has 4 heterocycles. The molecule has 3 aliphatic rings. The summed E-state index contributed by atoms with van der Waals surface area (Å²) in [6.07, 6.45) is -0.689. The molecule has 2 saturated heterocycles. The maximum atomic E-state index is 13.5. The monoisotopic (exact) mass is 517 g/mol. The number of methoxy groups -OCH3 is 1. The SMILES string of the molecule is CN1CCCC1.COc1nc2c(c(N3CCNC(CC#N)C3)n1)CCN(c1ccccc1C(F)(F)F)C2. The highest BCUT2D eigenvalue weighted by atomic mass is 19.4. The van der Waals surface area contributed by atoms with Crippen molar-refractivity contribution in [3.8, 4) is 12.1 Å². The molecular formula is C26H34F3N7O. The van der Waals surface area contributed by atoms with E-state index in [9.17, 15) is 13.2 Å². The zero-order valence-electron chi connectivity index (χ0n) is 21.4. The predicted molar refractivity (Wildman–Crippen MR) is 136 cm³/mol. The Morgan fingerprint density at radius 3 is 2.51 bits per heavy atom. The largest absolute Gasteiger partial charge is 0.467 e. The molecule has 0 radical (unpaired) electrons. The number of nitrogens with zero attached hydrogens (tertiary/aromatic N) is 6. The third-order valence-electron chi connectivity index (χ3n) is 6.98. The van der Waals surface area contributed by atoms with Gasteiger partial charge in [0.15, 0.2) is 0 Å². The molecule has 5 rings (SSSR count). The van der Waals surface area contributed by atoms with Crippen LogP contribution in [-0.2, 0) is 19.1 Å². The van der Waals surface area contributed by atoms with E-state index in [0.717, 1.165) is 30.5 Å². The van der Waals surface area contributed by atoms with Crippen LogP contribution in [0.2, 0.25) is 0 Å². The second-order valence-corrected chi connectivity index (χ2v) is 9.62. The molecule has 0 amide bonds. The minimum absolute atomic E-state index is 0.0362. The maximum absolute atomic E-state index is 13.5. The van der Waals surface area contributed by atoms with E-state index in [-0.39, 0.29) is 24.3 Å². The van der Waals surface area contributed by atoms with Crippen LogP contribution >= 0.6 is 0 Å². The summed E-state index contributed by atoms with van der Waals surface area (Å²) in [7, 11) is 3.65. The van der Waals surface area contributed by atoms with Crippen LogP contribution in [0.3, 0.4) is 0 Å². The quantitative estimate of drug-likeness (QED) is 0.661. The van der Waals surface area contributed by atoms with Crippen LogP contribution in [0.25, 0.3) is 0 Å². The van der Waals surface area contributed by atoms with Gasteiger partial charge in [0.05, 0.1) is 37.4 Å². The van der Waals surface area contributed by atoms with Gasteiger partial charge in [0.25, 0.3) is 0 Å². The molecular weight excluding hydrogens is 483 g/mol. The third kappa shape index (κ3) is 6.62. The van der Waals surface area contributed by atoms with Gasteiger partial charge in [-0.1, -0.05) is 12.1 Å². The van der Waals surface area contributed by atoms with Crippen molar-refractivity contribution in [3.05, 3.63) is 41.1 Å². The molecule has 0 spiro atoms. The highest BCUT2D eigenvalue weighted by Gasteiger charge is 2.36. The predicted octanol–water partition coefficient (Wildman–Crippen LogP) is 3.47. The minimum atomic E-state index is -4.43. The summed E-state index contributed by atoms with van der Waals surface area (Å²) in [6, 6.07) is 8.03. The average Bonchev–Trinajstić information content (AvgIpc) is 3.38. The lowest BCUT2D eigenvalue weighted by molar-refractivity contribution is -0.137. The molecule has 37 heavy (non-hydrogen) atoms. The van der Waals surface area contributed by atoms with Crippen molar-refractivity contribution >= 4 is 11.5 Å². The number of fused-ring (bicyclic) bond motifs is 1. The van der Waals surface area contributed by atoms with Gasteiger partial charge < -0.3 is 24.8 Å². The number of benzene rings is 1. The highest BCUT2D eigenvalue weighted by molar-refractivity contribution is 5.59. The molecule has 1 atom stereocenters. The van der Waals surface area contributed by atoms with Gasteiger partial charge in [-0.2, -0.15) is 28.4 Å². The van der Waals surface area contributed by atoms with E-state index in [2.05, 4.69) is 38.2 Å². The number of nitriles is 1. The van der Waals surface area contributed by atoms with Crippen LogP contribution in [0, 0.1) is 11.3 Å². The first-order chi connectivity index (χ1) is 17.8. The van der Waals surface area contributed by atoms with Crippen LogP contribution in [-0.4, -0.2) is 74.3 Å². The van der Waals surface area contributed by atoms with Crippen LogP contribution in [0.4, 0.5) is 24.7 Å². The average molecular weight is 518 g/mol. The number of hydrogen-bond acceptors (Lipinski definition) is 8. The summed E-state index contributed by atoms with van der Waals surface area (Å²) in [5.74, 6) is 0.745. The van der Waals surface area contributed by atoms with Crippen molar-refractivity contribution in [2.75, 3.05) is 63.2 Å². The van der Waals surface area contributed by atoms with E-state index < -0.39 is 11.7 Å². The molecule has 1 aromatic heterocycles. The number of aromatic nitrogens is 2.